The fourth-order valence-electron chi connectivity index (χ4n) is 3.76. The van der Waals surface area contributed by atoms with E-state index in [1.807, 2.05) is 36.4 Å². The zero-order valence-corrected chi connectivity index (χ0v) is 17.6. The van der Waals surface area contributed by atoms with Crippen molar-refractivity contribution in [3.05, 3.63) is 82.4 Å². The largest absolute Gasteiger partial charge is 0.356 e. The molecule has 1 atom stereocenters. The Hall–Kier alpha value is -2.99. The van der Waals surface area contributed by atoms with E-state index in [9.17, 15) is 9.59 Å². The highest BCUT2D eigenvalue weighted by Gasteiger charge is 2.30. The number of carbonyl (C=O) groups excluding carboxylic acids is 2. The van der Waals surface area contributed by atoms with E-state index in [1.54, 1.807) is 12.1 Å². The molecule has 3 aromatic rings. The van der Waals surface area contributed by atoms with Gasteiger partial charge in [0.05, 0.1) is 11.6 Å². The van der Waals surface area contributed by atoms with E-state index in [1.165, 1.54) is 16.9 Å². The Labute approximate surface area is 180 Å². The molecule has 4 rings (SSSR count). The molecule has 2 amide bonds. The molecule has 30 heavy (non-hydrogen) atoms. The minimum Gasteiger partial charge on any atom is -0.356 e. The number of benzene rings is 2. The van der Waals surface area contributed by atoms with Gasteiger partial charge in [0, 0.05) is 17.0 Å². The fourth-order valence-corrected chi connectivity index (χ4v) is 4.82. The van der Waals surface area contributed by atoms with Crippen molar-refractivity contribution in [3.8, 4) is 0 Å². The van der Waals surface area contributed by atoms with E-state index in [0.717, 1.165) is 42.7 Å². The lowest BCUT2D eigenvalue weighted by Crippen LogP contribution is -2.32. The molecule has 154 valence electrons. The molecule has 0 radical (unpaired) electrons. The zero-order chi connectivity index (χ0) is 20.8. The molecule has 0 saturated heterocycles. The average molecular weight is 420 g/mol. The molecule has 5 nitrogen and oxygen atoms in total. The summed E-state index contributed by atoms with van der Waals surface area (Å²) < 4.78 is 0. The van der Waals surface area contributed by atoms with E-state index < -0.39 is 0 Å². The van der Waals surface area contributed by atoms with Crippen molar-refractivity contribution < 1.29 is 9.59 Å². The van der Waals surface area contributed by atoms with Crippen molar-refractivity contribution in [3.63, 3.8) is 0 Å². The van der Waals surface area contributed by atoms with Crippen molar-refractivity contribution in [2.45, 2.75) is 38.0 Å². The van der Waals surface area contributed by atoms with E-state index >= 15 is 0 Å². The zero-order valence-electron chi connectivity index (χ0n) is 16.8. The molecule has 1 aliphatic carbocycles. The maximum atomic E-state index is 12.8. The van der Waals surface area contributed by atoms with Gasteiger partial charge in [-0.1, -0.05) is 48.5 Å². The molecule has 0 spiro atoms. The van der Waals surface area contributed by atoms with Crippen LogP contribution in [0.25, 0.3) is 0 Å². The third kappa shape index (κ3) is 4.94. The molecule has 0 fully saturated rings. The number of rotatable bonds is 7. The lowest BCUT2D eigenvalue weighted by atomic mass is 9.90. The highest BCUT2D eigenvalue weighted by Crippen LogP contribution is 2.37. The van der Waals surface area contributed by atoms with Gasteiger partial charge in [0.15, 0.2) is 5.13 Å². The van der Waals surface area contributed by atoms with Crippen molar-refractivity contribution in [2.24, 2.45) is 0 Å². The van der Waals surface area contributed by atoms with Crippen LogP contribution >= 0.6 is 11.3 Å². The van der Waals surface area contributed by atoms with E-state index in [2.05, 4.69) is 27.8 Å². The summed E-state index contributed by atoms with van der Waals surface area (Å²) >= 11 is 1.48. The number of carbonyl (C=O) groups is 2. The first-order chi connectivity index (χ1) is 14.7. The van der Waals surface area contributed by atoms with Gasteiger partial charge in [-0.25, -0.2) is 4.98 Å². The lowest BCUT2D eigenvalue weighted by molar-refractivity contribution is -0.122. The number of fused-ring (bicyclic) bond motifs is 1. The van der Waals surface area contributed by atoms with Gasteiger partial charge in [-0.15, -0.1) is 11.3 Å². The predicted octanol–water partition coefficient (Wildman–Crippen LogP) is 4.56. The molecule has 0 bridgehead atoms. The van der Waals surface area contributed by atoms with Crippen LogP contribution in [0.4, 0.5) is 5.13 Å². The lowest BCUT2D eigenvalue weighted by Gasteiger charge is -2.20. The molecule has 0 aliphatic heterocycles. The van der Waals surface area contributed by atoms with Gasteiger partial charge in [0.1, 0.15) is 0 Å². The van der Waals surface area contributed by atoms with Crippen LogP contribution in [0.3, 0.4) is 0 Å². The standard InChI is InChI=1S/C24H25N3O2S/c28-22(18-12-5-2-6-13-18)27-24-26-21-19(14-7-15-20(21)30-24)23(29)25-16-8-11-17-9-3-1-4-10-17/h1-6,9-10,12-13,19H,7-8,11,14-16H2,(H,25,29)(H,26,27,28). The molecule has 1 unspecified atom stereocenters. The third-order valence-electron chi connectivity index (χ3n) is 5.31. The molecule has 2 aromatic carbocycles. The van der Waals surface area contributed by atoms with E-state index in [4.69, 9.17) is 0 Å². The predicted molar refractivity (Wildman–Crippen MR) is 120 cm³/mol. The quantitative estimate of drug-likeness (QED) is 0.551. The van der Waals surface area contributed by atoms with Crippen molar-refractivity contribution in [1.82, 2.24) is 10.3 Å². The summed E-state index contributed by atoms with van der Waals surface area (Å²) in [5.41, 5.74) is 2.71. The van der Waals surface area contributed by atoms with Crippen LogP contribution in [-0.4, -0.2) is 23.3 Å². The molecular formula is C24H25N3O2S. The number of amides is 2. The molecule has 1 heterocycles. The number of nitrogens with one attached hydrogen (secondary N) is 2. The second kappa shape index (κ2) is 9.67. The highest BCUT2D eigenvalue weighted by molar-refractivity contribution is 7.16. The smallest absolute Gasteiger partial charge is 0.257 e. The Bertz CT molecular complexity index is 1000. The first-order valence-electron chi connectivity index (χ1n) is 10.4. The van der Waals surface area contributed by atoms with E-state index in [0.29, 0.717) is 17.2 Å². The molecular weight excluding hydrogens is 394 g/mol. The van der Waals surface area contributed by atoms with Gasteiger partial charge in [0.2, 0.25) is 5.91 Å². The maximum Gasteiger partial charge on any atom is 0.257 e. The highest BCUT2D eigenvalue weighted by atomic mass is 32.1. The van der Waals surface area contributed by atoms with Gasteiger partial charge >= 0.3 is 0 Å². The number of aromatic nitrogens is 1. The van der Waals surface area contributed by atoms with Gasteiger partial charge in [-0.05, 0) is 49.8 Å². The summed E-state index contributed by atoms with van der Waals surface area (Å²) in [6.07, 6.45) is 4.52. The summed E-state index contributed by atoms with van der Waals surface area (Å²) in [5, 5.41) is 6.53. The number of nitrogens with zero attached hydrogens (tertiary/aromatic N) is 1. The maximum absolute atomic E-state index is 12.8. The number of thiazole rings is 1. The Kier molecular flexibility index (Phi) is 6.54. The number of aryl methyl sites for hydroxylation is 2. The summed E-state index contributed by atoms with van der Waals surface area (Å²) in [4.78, 5) is 30.9. The summed E-state index contributed by atoms with van der Waals surface area (Å²) in [6.45, 7) is 0.654. The Morgan fingerprint density at radius 1 is 1.03 bits per heavy atom. The minimum absolute atomic E-state index is 0.0373. The number of hydrogen-bond acceptors (Lipinski definition) is 4. The van der Waals surface area contributed by atoms with Crippen molar-refractivity contribution >= 4 is 28.3 Å². The van der Waals surface area contributed by atoms with Gasteiger partial charge < -0.3 is 5.32 Å². The van der Waals surface area contributed by atoms with Crippen LogP contribution in [0.5, 0.6) is 0 Å². The monoisotopic (exact) mass is 419 g/mol. The first-order valence-corrected chi connectivity index (χ1v) is 11.2. The summed E-state index contributed by atoms with van der Waals surface area (Å²) in [5.74, 6) is -0.372. The van der Waals surface area contributed by atoms with Crippen LogP contribution in [0, 0.1) is 0 Å². The SMILES string of the molecule is O=C(Nc1nc2c(s1)CCCC2C(=O)NCCCc1ccccc1)c1ccccc1. The summed E-state index contributed by atoms with van der Waals surface area (Å²) in [7, 11) is 0. The molecule has 6 heteroatoms. The summed E-state index contributed by atoms with van der Waals surface area (Å²) in [6, 6.07) is 19.4. The molecule has 1 aromatic heterocycles. The molecule has 2 N–H and O–H groups in total. The van der Waals surface area contributed by atoms with Crippen LogP contribution in [0.1, 0.15) is 51.7 Å². The second-order valence-electron chi connectivity index (χ2n) is 7.47. The van der Waals surface area contributed by atoms with Crippen LogP contribution in [-0.2, 0) is 17.6 Å². The first kappa shape index (κ1) is 20.3. The normalized spacial score (nSPS) is 15.3. The molecule has 1 aliphatic rings. The van der Waals surface area contributed by atoms with Gasteiger partial charge in [-0.2, -0.15) is 0 Å². The number of anilines is 1. The molecule has 0 saturated carbocycles. The van der Waals surface area contributed by atoms with Crippen LogP contribution < -0.4 is 10.6 Å². The minimum atomic E-state index is -0.232. The van der Waals surface area contributed by atoms with Crippen LogP contribution in [0.2, 0.25) is 0 Å². The third-order valence-corrected chi connectivity index (χ3v) is 6.36. The Morgan fingerprint density at radius 3 is 2.53 bits per heavy atom. The van der Waals surface area contributed by atoms with Crippen molar-refractivity contribution in [2.75, 3.05) is 11.9 Å². The van der Waals surface area contributed by atoms with E-state index in [-0.39, 0.29) is 17.7 Å². The Balaban J connectivity index is 1.35. The van der Waals surface area contributed by atoms with Crippen LogP contribution in [0.15, 0.2) is 60.7 Å². The average Bonchev–Trinajstić information content (AvgIpc) is 3.20. The Morgan fingerprint density at radius 2 is 1.77 bits per heavy atom. The topological polar surface area (TPSA) is 71.1 Å². The fraction of sp³-hybridized carbons (Fsp3) is 0.292. The number of hydrogen-bond donors (Lipinski definition) is 2. The van der Waals surface area contributed by atoms with Gasteiger partial charge in [-0.3, -0.25) is 14.9 Å². The van der Waals surface area contributed by atoms with Crippen molar-refractivity contribution in [1.29, 1.82) is 0 Å². The second-order valence-corrected chi connectivity index (χ2v) is 8.56. The van der Waals surface area contributed by atoms with Gasteiger partial charge in [0.25, 0.3) is 5.91 Å².